The van der Waals surface area contributed by atoms with Gasteiger partial charge in [0.25, 0.3) is 0 Å². The Morgan fingerprint density at radius 3 is 2.33 bits per heavy atom. The number of rotatable bonds is 1. The second kappa shape index (κ2) is 5.69. The van der Waals surface area contributed by atoms with Gasteiger partial charge in [-0.1, -0.05) is 18.2 Å². The molecule has 3 heterocycles. The molecule has 1 spiro atoms. The number of fused-ring (bicyclic) bond motifs is 3. The molecular formula is C27H31N3. The predicted octanol–water partition coefficient (Wildman–Crippen LogP) is 6.11. The summed E-state index contributed by atoms with van der Waals surface area (Å²) in [5, 5.41) is 1.37. The van der Waals surface area contributed by atoms with Crippen LogP contribution >= 0.6 is 0 Å². The van der Waals surface area contributed by atoms with Crippen LogP contribution in [-0.4, -0.2) is 9.55 Å². The standard InChI is InChI=1S/C27H31N3/c1-16-7-4-5-9-23(16)30-17(2)24-22-8-6-10-28-26(22)29(3)25(24)27(30)20-12-18-11-19(14-20)15-21(27)13-18/h4-10,17-21H,11-15H2,1-3H3/t17-,18?,19?,20?,21?,27?/m0/s1. The second-order valence-corrected chi connectivity index (χ2v) is 10.7. The summed E-state index contributed by atoms with van der Waals surface area (Å²) in [5.41, 5.74) is 7.31. The molecule has 0 saturated heterocycles. The average molecular weight is 398 g/mol. The first-order chi connectivity index (χ1) is 14.6. The van der Waals surface area contributed by atoms with Crippen molar-refractivity contribution in [3.8, 4) is 0 Å². The maximum Gasteiger partial charge on any atom is 0.140 e. The van der Waals surface area contributed by atoms with Gasteiger partial charge in [0, 0.05) is 29.9 Å². The van der Waals surface area contributed by atoms with E-state index in [1.54, 1.807) is 11.3 Å². The van der Waals surface area contributed by atoms with Crippen LogP contribution < -0.4 is 4.90 Å². The van der Waals surface area contributed by atoms with Crippen molar-refractivity contribution in [1.82, 2.24) is 9.55 Å². The number of para-hydroxylation sites is 1. The van der Waals surface area contributed by atoms with Crippen LogP contribution in [-0.2, 0) is 12.6 Å². The van der Waals surface area contributed by atoms with Gasteiger partial charge in [-0.3, -0.25) is 0 Å². The van der Waals surface area contributed by atoms with Crippen molar-refractivity contribution in [3.63, 3.8) is 0 Å². The van der Waals surface area contributed by atoms with Gasteiger partial charge >= 0.3 is 0 Å². The van der Waals surface area contributed by atoms with E-state index in [1.807, 2.05) is 6.20 Å². The van der Waals surface area contributed by atoms with Gasteiger partial charge in [0.05, 0.1) is 17.3 Å². The Morgan fingerprint density at radius 2 is 1.63 bits per heavy atom. The zero-order chi connectivity index (χ0) is 20.2. The van der Waals surface area contributed by atoms with Crippen LogP contribution in [0.5, 0.6) is 0 Å². The van der Waals surface area contributed by atoms with Crippen molar-refractivity contribution in [2.24, 2.45) is 30.7 Å². The number of pyridine rings is 1. The minimum absolute atomic E-state index is 0.129. The van der Waals surface area contributed by atoms with Crippen molar-refractivity contribution >= 4 is 16.7 Å². The van der Waals surface area contributed by atoms with Crippen molar-refractivity contribution < 1.29 is 0 Å². The predicted molar refractivity (Wildman–Crippen MR) is 122 cm³/mol. The maximum atomic E-state index is 4.83. The van der Waals surface area contributed by atoms with E-state index in [-0.39, 0.29) is 5.54 Å². The third-order valence-corrected chi connectivity index (χ3v) is 9.33. The molecule has 8 rings (SSSR count). The third-order valence-electron chi connectivity index (χ3n) is 9.33. The summed E-state index contributed by atoms with van der Waals surface area (Å²) in [6.07, 6.45) is 9.11. The molecule has 0 unspecified atom stereocenters. The Labute approximate surface area is 179 Å². The number of hydrogen-bond acceptors (Lipinski definition) is 2. The van der Waals surface area contributed by atoms with E-state index in [0.717, 1.165) is 23.7 Å². The smallest absolute Gasteiger partial charge is 0.140 e. The van der Waals surface area contributed by atoms with Gasteiger partial charge in [0.1, 0.15) is 5.65 Å². The molecule has 2 aromatic heterocycles. The van der Waals surface area contributed by atoms with Crippen molar-refractivity contribution in [3.05, 3.63) is 59.4 Å². The van der Waals surface area contributed by atoms with E-state index < -0.39 is 0 Å². The fraction of sp³-hybridized carbons (Fsp3) is 0.519. The second-order valence-electron chi connectivity index (χ2n) is 10.7. The molecule has 4 saturated carbocycles. The molecule has 0 radical (unpaired) electrons. The van der Waals surface area contributed by atoms with Crippen molar-refractivity contribution in [1.29, 1.82) is 0 Å². The van der Waals surface area contributed by atoms with E-state index in [2.05, 4.69) is 66.8 Å². The highest BCUT2D eigenvalue weighted by Gasteiger charge is 2.66. The molecule has 0 N–H and O–H groups in total. The fourth-order valence-electron chi connectivity index (χ4n) is 8.68. The number of anilines is 1. The summed E-state index contributed by atoms with van der Waals surface area (Å²) in [4.78, 5) is 7.73. The topological polar surface area (TPSA) is 21.1 Å². The molecule has 3 aromatic rings. The number of aromatic nitrogens is 2. The summed E-state index contributed by atoms with van der Waals surface area (Å²) >= 11 is 0. The highest BCUT2D eigenvalue weighted by Crippen LogP contribution is 2.69. The first-order valence-electron chi connectivity index (χ1n) is 11.9. The third kappa shape index (κ3) is 1.87. The van der Waals surface area contributed by atoms with Crippen LogP contribution in [0.3, 0.4) is 0 Å². The molecule has 0 amide bonds. The highest BCUT2D eigenvalue weighted by atomic mass is 15.3. The van der Waals surface area contributed by atoms with Crippen LogP contribution in [0.1, 0.15) is 61.9 Å². The summed E-state index contributed by atoms with van der Waals surface area (Å²) in [6.45, 7) is 4.76. The molecule has 4 fully saturated rings. The number of nitrogens with zero attached hydrogens (tertiary/aromatic N) is 3. The van der Waals surface area contributed by atoms with Crippen molar-refractivity contribution in [2.75, 3.05) is 4.90 Å². The fourth-order valence-corrected chi connectivity index (χ4v) is 8.68. The highest BCUT2D eigenvalue weighted by molar-refractivity contribution is 5.86. The number of benzene rings is 1. The lowest BCUT2D eigenvalue weighted by Crippen LogP contribution is -2.62. The lowest BCUT2D eigenvalue weighted by atomic mass is 9.47. The molecular weight excluding hydrogens is 366 g/mol. The van der Waals surface area contributed by atoms with Gasteiger partial charge < -0.3 is 9.47 Å². The molecule has 1 atom stereocenters. The van der Waals surface area contributed by atoms with Gasteiger partial charge in [-0.05, 0) is 93.4 Å². The normalized spacial score (nSPS) is 36.2. The Balaban J connectivity index is 1.57. The molecule has 4 bridgehead atoms. The van der Waals surface area contributed by atoms with Gasteiger partial charge in [0.15, 0.2) is 0 Å². The first-order valence-corrected chi connectivity index (χ1v) is 11.9. The van der Waals surface area contributed by atoms with E-state index in [9.17, 15) is 0 Å². The molecule has 5 aliphatic rings. The van der Waals surface area contributed by atoms with Crippen LogP contribution in [0.25, 0.3) is 11.0 Å². The van der Waals surface area contributed by atoms with Crippen LogP contribution in [0.2, 0.25) is 0 Å². The lowest BCUT2D eigenvalue weighted by molar-refractivity contribution is -0.0629. The quantitative estimate of drug-likeness (QED) is 0.494. The average Bonchev–Trinajstić information content (AvgIpc) is 3.18. The molecule has 3 nitrogen and oxygen atoms in total. The Kier molecular flexibility index (Phi) is 3.30. The minimum Gasteiger partial charge on any atom is -0.353 e. The molecule has 154 valence electrons. The largest absolute Gasteiger partial charge is 0.353 e. The summed E-state index contributed by atoms with van der Waals surface area (Å²) in [5.74, 6) is 3.45. The Bertz CT molecular complexity index is 1140. The monoisotopic (exact) mass is 397 g/mol. The van der Waals surface area contributed by atoms with E-state index in [0.29, 0.717) is 6.04 Å². The Hall–Kier alpha value is -2.29. The molecule has 3 heteroatoms. The van der Waals surface area contributed by atoms with E-state index >= 15 is 0 Å². The van der Waals surface area contributed by atoms with Crippen LogP contribution in [0, 0.1) is 30.6 Å². The van der Waals surface area contributed by atoms with E-state index in [1.165, 1.54) is 54.4 Å². The van der Waals surface area contributed by atoms with Crippen LogP contribution in [0.15, 0.2) is 42.6 Å². The zero-order valence-corrected chi connectivity index (χ0v) is 18.3. The molecule has 30 heavy (non-hydrogen) atoms. The zero-order valence-electron chi connectivity index (χ0n) is 18.3. The number of aryl methyl sites for hydroxylation is 2. The molecule has 1 aromatic carbocycles. The van der Waals surface area contributed by atoms with Gasteiger partial charge in [-0.15, -0.1) is 0 Å². The maximum absolute atomic E-state index is 4.83. The molecule has 4 aliphatic carbocycles. The number of hydrogen-bond donors (Lipinski definition) is 0. The van der Waals surface area contributed by atoms with Gasteiger partial charge in [-0.25, -0.2) is 4.98 Å². The minimum atomic E-state index is 0.129. The van der Waals surface area contributed by atoms with Gasteiger partial charge in [0.2, 0.25) is 0 Å². The summed E-state index contributed by atoms with van der Waals surface area (Å²) in [7, 11) is 2.29. The molecule has 1 aliphatic heterocycles. The van der Waals surface area contributed by atoms with Crippen LogP contribution in [0.4, 0.5) is 5.69 Å². The summed E-state index contributed by atoms with van der Waals surface area (Å²) < 4.78 is 2.49. The SMILES string of the molecule is Cc1ccccc1N1[C@@H](C)c2c(n(C)c3ncccc23)C12C1CC3CC(C1)CC2C3. The lowest BCUT2D eigenvalue weighted by Gasteiger charge is -2.64. The van der Waals surface area contributed by atoms with Gasteiger partial charge in [-0.2, -0.15) is 0 Å². The van der Waals surface area contributed by atoms with E-state index in [4.69, 9.17) is 4.98 Å². The van der Waals surface area contributed by atoms with Crippen molar-refractivity contribution in [2.45, 2.75) is 57.5 Å². The Morgan fingerprint density at radius 1 is 0.933 bits per heavy atom. The first kappa shape index (κ1) is 17.4. The summed E-state index contributed by atoms with van der Waals surface area (Å²) in [6, 6.07) is 13.9.